The number of methoxy groups -OCH3 is 1. The van der Waals surface area contributed by atoms with Crippen molar-refractivity contribution in [3.63, 3.8) is 0 Å². The Bertz CT molecular complexity index is 656. The van der Waals surface area contributed by atoms with Gasteiger partial charge >= 0.3 is 0 Å². The van der Waals surface area contributed by atoms with Crippen molar-refractivity contribution in [2.24, 2.45) is 5.92 Å². The molecule has 0 aliphatic heterocycles. The topological polar surface area (TPSA) is 39.9 Å². The van der Waals surface area contributed by atoms with E-state index in [0.29, 0.717) is 5.92 Å². The highest BCUT2D eigenvalue weighted by Gasteiger charge is 2.35. The molecule has 1 saturated carbocycles. The number of hydrogen-bond donors (Lipinski definition) is 0. The van der Waals surface area contributed by atoms with E-state index in [2.05, 4.69) is 27.1 Å². The minimum absolute atomic E-state index is 0.679. The molecule has 2 aliphatic carbocycles. The lowest BCUT2D eigenvalue weighted by Gasteiger charge is -2.28. The maximum absolute atomic E-state index is 5.24. The molecule has 1 aromatic heterocycles. The van der Waals surface area contributed by atoms with Crippen LogP contribution in [0.25, 0.3) is 0 Å². The molecule has 0 saturated heterocycles. The molecule has 0 amide bonds. The maximum Gasteiger partial charge on any atom is 0.118 e. The molecule has 4 rings (SSSR count). The van der Waals surface area contributed by atoms with Crippen LogP contribution in [0, 0.1) is 5.92 Å². The van der Waals surface area contributed by atoms with Crippen LogP contribution in [-0.4, -0.2) is 22.1 Å². The summed E-state index contributed by atoms with van der Waals surface area (Å²) in [5.41, 5.74) is 3.93. The van der Waals surface area contributed by atoms with E-state index >= 15 is 0 Å². The molecule has 1 atom stereocenters. The third-order valence-corrected chi connectivity index (χ3v) is 5.60. The Morgan fingerprint density at radius 1 is 1.09 bits per heavy atom. The Hall–Kier alpha value is -1.84. The van der Waals surface area contributed by atoms with Crippen LogP contribution >= 0.6 is 0 Å². The minimum atomic E-state index is 0.679. The van der Waals surface area contributed by atoms with Gasteiger partial charge in [-0.2, -0.15) is 0 Å². The smallest absolute Gasteiger partial charge is 0.118 e. The van der Waals surface area contributed by atoms with Crippen LogP contribution in [0.2, 0.25) is 0 Å². The van der Waals surface area contributed by atoms with Gasteiger partial charge in [0, 0.05) is 5.92 Å². The van der Waals surface area contributed by atoms with Gasteiger partial charge in [-0.3, -0.25) is 0 Å². The van der Waals surface area contributed by atoms with Crippen LogP contribution < -0.4 is 4.74 Å². The highest BCUT2D eigenvalue weighted by molar-refractivity contribution is 5.29. The number of benzene rings is 1. The quantitative estimate of drug-likeness (QED) is 0.858. The summed E-state index contributed by atoms with van der Waals surface area (Å²) in [6.45, 7) is 0.815. The molecule has 2 aromatic rings. The average Bonchev–Trinajstić information content (AvgIpc) is 3.19. The number of aryl methyl sites for hydroxylation is 1. The summed E-state index contributed by atoms with van der Waals surface area (Å²) in [6, 6.07) is 8.28. The number of fused-ring (bicyclic) bond motifs is 1. The second kappa shape index (κ2) is 6.34. The summed E-state index contributed by atoms with van der Waals surface area (Å²) in [4.78, 5) is 0. The van der Waals surface area contributed by atoms with E-state index in [1.807, 2.05) is 12.1 Å². The Morgan fingerprint density at radius 2 is 1.87 bits per heavy atom. The number of ether oxygens (including phenoxy) is 1. The average molecular weight is 311 g/mol. The van der Waals surface area contributed by atoms with E-state index in [1.165, 1.54) is 55.5 Å². The van der Waals surface area contributed by atoms with Gasteiger partial charge < -0.3 is 4.74 Å². The first kappa shape index (κ1) is 14.7. The fourth-order valence-corrected chi connectivity index (χ4v) is 4.38. The van der Waals surface area contributed by atoms with Crippen LogP contribution in [0.3, 0.4) is 0 Å². The molecule has 0 N–H and O–H groups in total. The largest absolute Gasteiger partial charge is 0.497 e. The molecule has 1 fully saturated rings. The van der Waals surface area contributed by atoms with Crippen molar-refractivity contribution < 1.29 is 4.74 Å². The number of nitrogens with zero attached hydrogens (tertiary/aromatic N) is 3. The molecule has 23 heavy (non-hydrogen) atoms. The van der Waals surface area contributed by atoms with E-state index in [9.17, 15) is 0 Å². The third-order valence-electron chi connectivity index (χ3n) is 5.60. The normalized spacial score (nSPS) is 21.3. The molecule has 4 heteroatoms. The van der Waals surface area contributed by atoms with Crippen molar-refractivity contribution >= 4 is 0 Å². The van der Waals surface area contributed by atoms with E-state index in [4.69, 9.17) is 4.74 Å². The predicted molar refractivity (Wildman–Crippen MR) is 89.8 cm³/mol. The Morgan fingerprint density at radius 3 is 2.61 bits per heavy atom. The molecule has 0 spiro atoms. The van der Waals surface area contributed by atoms with E-state index in [0.717, 1.165) is 24.6 Å². The van der Waals surface area contributed by atoms with E-state index in [-0.39, 0.29) is 0 Å². The highest BCUT2D eigenvalue weighted by Crippen LogP contribution is 2.43. The van der Waals surface area contributed by atoms with Crippen molar-refractivity contribution in [1.82, 2.24) is 15.0 Å². The van der Waals surface area contributed by atoms with Crippen LogP contribution in [0.15, 0.2) is 24.3 Å². The molecule has 1 heterocycles. The number of hydrogen-bond acceptors (Lipinski definition) is 3. The van der Waals surface area contributed by atoms with Crippen LogP contribution in [0.1, 0.15) is 61.4 Å². The van der Waals surface area contributed by atoms with Crippen molar-refractivity contribution in [3.05, 3.63) is 41.2 Å². The molecular formula is C19H25N3O. The maximum atomic E-state index is 5.24. The fraction of sp³-hybridized carbons (Fsp3) is 0.579. The molecule has 0 radical (unpaired) electrons. The van der Waals surface area contributed by atoms with Gasteiger partial charge in [-0.05, 0) is 49.3 Å². The van der Waals surface area contributed by atoms with Gasteiger partial charge in [0.2, 0.25) is 0 Å². The van der Waals surface area contributed by atoms with Gasteiger partial charge in [0.05, 0.1) is 25.0 Å². The number of rotatable bonds is 4. The molecule has 0 bridgehead atoms. The zero-order chi connectivity index (χ0) is 15.6. The minimum Gasteiger partial charge on any atom is -0.497 e. The first-order chi connectivity index (χ1) is 11.3. The van der Waals surface area contributed by atoms with Gasteiger partial charge in [0.25, 0.3) is 0 Å². The van der Waals surface area contributed by atoms with Crippen LogP contribution in [0.5, 0.6) is 5.75 Å². The molecule has 122 valence electrons. The zero-order valence-corrected chi connectivity index (χ0v) is 13.9. The summed E-state index contributed by atoms with van der Waals surface area (Å²) in [6.07, 6.45) is 9.37. The zero-order valence-electron chi connectivity index (χ0n) is 13.9. The highest BCUT2D eigenvalue weighted by atomic mass is 16.5. The van der Waals surface area contributed by atoms with Gasteiger partial charge in [-0.15, -0.1) is 5.10 Å². The monoisotopic (exact) mass is 311 g/mol. The summed E-state index contributed by atoms with van der Waals surface area (Å²) in [5, 5.41) is 8.92. The molecule has 1 aromatic carbocycles. The van der Waals surface area contributed by atoms with Gasteiger partial charge in [0.1, 0.15) is 5.75 Å². The second-order valence-corrected chi connectivity index (χ2v) is 6.97. The predicted octanol–water partition coefficient (Wildman–Crippen LogP) is 3.95. The SMILES string of the molecule is COc1ccc(Cn2nnc3c2C(C2CCCCC2)CC3)cc1. The Kier molecular flexibility index (Phi) is 4.06. The molecule has 4 nitrogen and oxygen atoms in total. The first-order valence-electron chi connectivity index (χ1n) is 8.90. The summed E-state index contributed by atoms with van der Waals surface area (Å²) in [7, 11) is 1.70. The van der Waals surface area contributed by atoms with E-state index < -0.39 is 0 Å². The Labute approximate surface area is 137 Å². The lowest BCUT2D eigenvalue weighted by Crippen LogP contribution is -2.18. The summed E-state index contributed by atoms with van der Waals surface area (Å²) in [5.74, 6) is 2.43. The van der Waals surface area contributed by atoms with Crippen LogP contribution in [-0.2, 0) is 13.0 Å². The first-order valence-corrected chi connectivity index (χ1v) is 8.90. The lowest BCUT2D eigenvalue weighted by molar-refractivity contribution is 0.293. The van der Waals surface area contributed by atoms with E-state index in [1.54, 1.807) is 7.11 Å². The lowest BCUT2D eigenvalue weighted by atomic mass is 9.79. The molecular weight excluding hydrogens is 286 g/mol. The summed E-state index contributed by atoms with van der Waals surface area (Å²) < 4.78 is 7.40. The standard InChI is InChI=1S/C19H25N3O/c1-23-16-9-7-14(8-10-16)13-22-19-17(11-12-18(19)20-21-22)15-5-3-2-4-6-15/h7-10,15,17H,2-6,11-13H2,1H3. The number of aromatic nitrogens is 3. The Balaban J connectivity index is 1.56. The van der Waals surface area contributed by atoms with Crippen molar-refractivity contribution in [2.75, 3.05) is 7.11 Å². The van der Waals surface area contributed by atoms with Gasteiger partial charge in [0.15, 0.2) is 0 Å². The van der Waals surface area contributed by atoms with Crippen molar-refractivity contribution in [2.45, 2.75) is 57.4 Å². The van der Waals surface area contributed by atoms with Crippen molar-refractivity contribution in [3.8, 4) is 5.75 Å². The molecule has 2 aliphatic rings. The van der Waals surface area contributed by atoms with Gasteiger partial charge in [-0.1, -0.05) is 36.6 Å². The van der Waals surface area contributed by atoms with Crippen LogP contribution in [0.4, 0.5) is 0 Å². The fourth-order valence-electron chi connectivity index (χ4n) is 4.38. The van der Waals surface area contributed by atoms with Crippen molar-refractivity contribution in [1.29, 1.82) is 0 Å². The molecule has 1 unspecified atom stereocenters. The van der Waals surface area contributed by atoms with Gasteiger partial charge in [-0.25, -0.2) is 4.68 Å². The third kappa shape index (κ3) is 2.87. The second-order valence-electron chi connectivity index (χ2n) is 6.97. The summed E-state index contributed by atoms with van der Waals surface area (Å²) >= 11 is 0.